The summed E-state index contributed by atoms with van der Waals surface area (Å²) in [6.45, 7) is 3.10. The van der Waals surface area contributed by atoms with Gasteiger partial charge in [-0.3, -0.25) is 14.4 Å². The number of carbonyl (C=O) groups is 1. The van der Waals surface area contributed by atoms with Crippen molar-refractivity contribution in [1.82, 2.24) is 25.0 Å². The van der Waals surface area contributed by atoms with E-state index >= 15 is 0 Å². The number of furan rings is 1. The molecule has 3 aromatic rings. The Bertz CT molecular complexity index is 812. The van der Waals surface area contributed by atoms with Gasteiger partial charge in [0.05, 0.1) is 30.1 Å². The molecule has 0 radical (unpaired) electrons. The summed E-state index contributed by atoms with van der Waals surface area (Å²) in [5.41, 5.74) is 3.33. The maximum Gasteiger partial charge on any atom is 0.270 e. The largest absolute Gasteiger partial charge is 0.468 e. The highest BCUT2D eigenvalue weighted by atomic mass is 32.1. The number of aromatic nitrogens is 3. The predicted molar refractivity (Wildman–Crippen MR) is 93.2 cm³/mol. The lowest BCUT2D eigenvalue weighted by atomic mass is 10.1. The highest BCUT2D eigenvalue weighted by Crippen LogP contribution is 2.24. The minimum absolute atomic E-state index is 0.120. The monoisotopic (exact) mass is 357 g/mol. The Kier molecular flexibility index (Phi) is 4.62. The highest BCUT2D eigenvalue weighted by molar-refractivity contribution is 7.07. The standard InChI is InChI=1S/C17H19N5O2S/c23-17(16-11-25-12-19-16)18-5-3-13-8-21(10-15-2-1-7-24-15)9-14-4-6-20-22(13)14/h1-2,4,6-7,11-13H,3,5,8-10H2,(H,18,23)/t13-/m0/s1. The van der Waals surface area contributed by atoms with Gasteiger partial charge < -0.3 is 9.73 Å². The molecule has 4 rings (SSSR count). The van der Waals surface area contributed by atoms with E-state index in [-0.39, 0.29) is 11.9 Å². The molecule has 0 aliphatic carbocycles. The topological polar surface area (TPSA) is 76.2 Å². The number of fused-ring (bicyclic) bond motifs is 1. The van der Waals surface area contributed by atoms with Crippen LogP contribution in [0.4, 0.5) is 0 Å². The molecule has 0 spiro atoms. The van der Waals surface area contributed by atoms with Crippen LogP contribution in [0.5, 0.6) is 0 Å². The van der Waals surface area contributed by atoms with Gasteiger partial charge in [0.25, 0.3) is 5.91 Å². The Balaban J connectivity index is 1.37. The summed E-state index contributed by atoms with van der Waals surface area (Å²) in [6, 6.07) is 6.18. The fourth-order valence-corrected chi connectivity index (χ4v) is 3.72. The molecule has 0 fully saturated rings. The lowest BCUT2D eigenvalue weighted by Crippen LogP contribution is -2.38. The first-order chi connectivity index (χ1) is 12.3. The molecular weight excluding hydrogens is 338 g/mol. The minimum atomic E-state index is -0.120. The molecule has 1 aliphatic heterocycles. The number of carbonyl (C=O) groups excluding carboxylic acids is 1. The van der Waals surface area contributed by atoms with Crippen LogP contribution in [0.25, 0.3) is 0 Å². The summed E-state index contributed by atoms with van der Waals surface area (Å²) >= 11 is 1.42. The molecule has 0 saturated heterocycles. The zero-order valence-electron chi connectivity index (χ0n) is 13.7. The summed E-state index contributed by atoms with van der Waals surface area (Å²) in [6.07, 6.45) is 4.36. The van der Waals surface area contributed by atoms with Crippen molar-refractivity contribution < 1.29 is 9.21 Å². The van der Waals surface area contributed by atoms with Crippen molar-refractivity contribution in [2.45, 2.75) is 25.6 Å². The third kappa shape index (κ3) is 3.64. The van der Waals surface area contributed by atoms with E-state index in [0.29, 0.717) is 12.2 Å². The third-order valence-electron chi connectivity index (χ3n) is 4.34. The predicted octanol–water partition coefficient (Wildman–Crippen LogP) is 2.31. The van der Waals surface area contributed by atoms with Crippen molar-refractivity contribution >= 4 is 17.2 Å². The van der Waals surface area contributed by atoms with E-state index in [2.05, 4.69) is 31.0 Å². The normalized spacial score (nSPS) is 17.4. The summed E-state index contributed by atoms with van der Waals surface area (Å²) in [5.74, 6) is 0.841. The second kappa shape index (κ2) is 7.20. The molecule has 25 heavy (non-hydrogen) atoms. The summed E-state index contributed by atoms with van der Waals surface area (Å²) in [7, 11) is 0. The minimum Gasteiger partial charge on any atom is -0.468 e. The molecule has 4 heterocycles. The quantitative estimate of drug-likeness (QED) is 0.733. The van der Waals surface area contributed by atoms with Crippen molar-refractivity contribution in [3.63, 3.8) is 0 Å². The molecule has 0 unspecified atom stereocenters. The number of nitrogens with one attached hydrogen (secondary N) is 1. The van der Waals surface area contributed by atoms with Crippen LogP contribution >= 0.6 is 11.3 Å². The van der Waals surface area contributed by atoms with Gasteiger partial charge in [0.2, 0.25) is 0 Å². The first-order valence-electron chi connectivity index (χ1n) is 8.23. The average Bonchev–Trinajstić information content (AvgIpc) is 3.36. The van der Waals surface area contributed by atoms with Crippen molar-refractivity contribution in [3.8, 4) is 0 Å². The smallest absolute Gasteiger partial charge is 0.270 e. The number of hydrogen-bond donors (Lipinski definition) is 1. The van der Waals surface area contributed by atoms with E-state index < -0.39 is 0 Å². The molecule has 1 aliphatic rings. The third-order valence-corrected chi connectivity index (χ3v) is 4.93. The van der Waals surface area contributed by atoms with Crippen molar-refractivity contribution in [2.24, 2.45) is 0 Å². The van der Waals surface area contributed by atoms with Gasteiger partial charge in [-0.15, -0.1) is 11.3 Å². The molecule has 7 nitrogen and oxygen atoms in total. The van der Waals surface area contributed by atoms with Gasteiger partial charge in [-0.1, -0.05) is 0 Å². The first kappa shape index (κ1) is 16.0. The Morgan fingerprint density at radius 2 is 2.40 bits per heavy atom. The Morgan fingerprint density at radius 1 is 1.44 bits per heavy atom. The zero-order valence-corrected chi connectivity index (χ0v) is 14.5. The van der Waals surface area contributed by atoms with E-state index in [4.69, 9.17) is 4.42 Å². The van der Waals surface area contributed by atoms with Crippen LogP contribution in [-0.4, -0.2) is 38.7 Å². The molecule has 8 heteroatoms. The fraction of sp³-hybridized carbons (Fsp3) is 0.353. The maximum absolute atomic E-state index is 12.0. The van der Waals surface area contributed by atoms with E-state index in [1.165, 1.54) is 17.0 Å². The van der Waals surface area contributed by atoms with E-state index in [1.807, 2.05) is 18.3 Å². The van der Waals surface area contributed by atoms with Crippen molar-refractivity contribution in [1.29, 1.82) is 0 Å². The van der Waals surface area contributed by atoms with Crippen LogP contribution in [0, 0.1) is 0 Å². The van der Waals surface area contributed by atoms with Crippen molar-refractivity contribution in [3.05, 3.63) is 58.7 Å². The van der Waals surface area contributed by atoms with E-state index in [0.717, 1.165) is 31.8 Å². The molecule has 130 valence electrons. The molecule has 0 bridgehead atoms. The van der Waals surface area contributed by atoms with Gasteiger partial charge in [-0.25, -0.2) is 4.98 Å². The lowest BCUT2D eigenvalue weighted by molar-refractivity contribution is 0.0942. The molecule has 3 aromatic heterocycles. The van der Waals surface area contributed by atoms with Crippen molar-refractivity contribution in [2.75, 3.05) is 13.1 Å². The van der Waals surface area contributed by atoms with Gasteiger partial charge in [-0.2, -0.15) is 5.10 Å². The number of nitrogens with zero attached hydrogens (tertiary/aromatic N) is 4. The van der Waals surface area contributed by atoms with E-state index in [9.17, 15) is 4.79 Å². The Morgan fingerprint density at radius 3 is 3.20 bits per heavy atom. The summed E-state index contributed by atoms with van der Waals surface area (Å²) < 4.78 is 7.54. The molecule has 1 amide bonds. The zero-order chi connectivity index (χ0) is 17.1. The Hall–Kier alpha value is -2.45. The summed E-state index contributed by atoms with van der Waals surface area (Å²) in [5, 5.41) is 9.16. The lowest BCUT2D eigenvalue weighted by Gasteiger charge is -2.33. The van der Waals surface area contributed by atoms with Crippen LogP contribution in [0.3, 0.4) is 0 Å². The highest BCUT2D eigenvalue weighted by Gasteiger charge is 2.26. The first-order valence-corrected chi connectivity index (χ1v) is 9.17. The average molecular weight is 357 g/mol. The molecule has 1 N–H and O–H groups in total. The molecular formula is C17H19N5O2S. The SMILES string of the molecule is O=C(NCC[C@H]1CN(Cc2ccco2)Cc2ccnn21)c1cscn1. The summed E-state index contributed by atoms with van der Waals surface area (Å²) in [4.78, 5) is 18.4. The van der Waals surface area contributed by atoms with Gasteiger partial charge >= 0.3 is 0 Å². The van der Waals surface area contributed by atoms with Crippen LogP contribution in [0.15, 0.2) is 46.0 Å². The number of rotatable bonds is 6. The maximum atomic E-state index is 12.0. The Labute approximate surface area is 149 Å². The second-order valence-electron chi connectivity index (χ2n) is 6.09. The molecule has 0 aromatic carbocycles. The van der Waals surface area contributed by atoms with E-state index in [1.54, 1.807) is 17.2 Å². The van der Waals surface area contributed by atoms with Gasteiger partial charge in [0.15, 0.2) is 0 Å². The van der Waals surface area contributed by atoms with Crippen LogP contribution in [-0.2, 0) is 13.1 Å². The second-order valence-corrected chi connectivity index (χ2v) is 6.81. The molecule has 1 atom stereocenters. The number of thiazole rings is 1. The fourth-order valence-electron chi connectivity index (χ4n) is 3.19. The number of amides is 1. The number of hydrogen-bond acceptors (Lipinski definition) is 6. The van der Waals surface area contributed by atoms with Crippen LogP contribution < -0.4 is 5.32 Å². The van der Waals surface area contributed by atoms with Gasteiger partial charge in [0, 0.05) is 31.2 Å². The van der Waals surface area contributed by atoms with Gasteiger partial charge in [0.1, 0.15) is 11.5 Å². The van der Waals surface area contributed by atoms with Crippen LogP contribution in [0.1, 0.15) is 34.4 Å². The van der Waals surface area contributed by atoms with Gasteiger partial charge in [-0.05, 0) is 24.6 Å². The van der Waals surface area contributed by atoms with Crippen LogP contribution in [0.2, 0.25) is 0 Å². The molecule has 0 saturated carbocycles.